The SMILES string of the molecule is Cl.Cl.O=C(NCCCN(Cc1ccccc1)Cc1ccccc1)C1CCNC1. The molecule has 6 heteroatoms. The molecular formula is C22H31Cl2N3O. The summed E-state index contributed by atoms with van der Waals surface area (Å²) in [4.78, 5) is 14.6. The molecule has 0 radical (unpaired) electrons. The molecule has 0 aliphatic carbocycles. The third-order valence-corrected chi connectivity index (χ3v) is 4.88. The summed E-state index contributed by atoms with van der Waals surface area (Å²) in [6, 6.07) is 21.2. The monoisotopic (exact) mass is 423 g/mol. The van der Waals surface area contributed by atoms with Gasteiger partial charge in [0.05, 0.1) is 5.92 Å². The van der Waals surface area contributed by atoms with Crippen LogP contribution in [0.3, 0.4) is 0 Å². The van der Waals surface area contributed by atoms with Crippen LogP contribution in [0, 0.1) is 5.92 Å². The summed E-state index contributed by atoms with van der Waals surface area (Å²) in [6.07, 6.45) is 1.92. The van der Waals surface area contributed by atoms with E-state index in [-0.39, 0.29) is 36.6 Å². The van der Waals surface area contributed by atoms with Crippen LogP contribution >= 0.6 is 24.8 Å². The summed E-state index contributed by atoms with van der Waals surface area (Å²) < 4.78 is 0. The summed E-state index contributed by atoms with van der Waals surface area (Å²) in [5.41, 5.74) is 2.65. The van der Waals surface area contributed by atoms with Crippen molar-refractivity contribution in [2.45, 2.75) is 25.9 Å². The number of hydrogen-bond acceptors (Lipinski definition) is 3. The van der Waals surface area contributed by atoms with E-state index in [9.17, 15) is 4.79 Å². The van der Waals surface area contributed by atoms with Gasteiger partial charge in [-0.05, 0) is 30.5 Å². The molecular weight excluding hydrogens is 393 g/mol. The van der Waals surface area contributed by atoms with E-state index in [1.54, 1.807) is 0 Å². The quantitative estimate of drug-likeness (QED) is 0.604. The topological polar surface area (TPSA) is 44.4 Å². The number of hydrogen-bond donors (Lipinski definition) is 2. The minimum Gasteiger partial charge on any atom is -0.356 e. The van der Waals surface area contributed by atoms with E-state index in [1.165, 1.54) is 11.1 Å². The molecule has 1 aliphatic heterocycles. The van der Waals surface area contributed by atoms with Crippen LogP contribution in [0.1, 0.15) is 24.0 Å². The van der Waals surface area contributed by atoms with Crippen LogP contribution in [0.2, 0.25) is 0 Å². The third-order valence-electron chi connectivity index (χ3n) is 4.88. The van der Waals surface area contributed by atoms with E-state index in [0.29, 0.717) is 0 Å². The molecule has 28 heavy (non-hydrogen) atoms. The number of carbonyl (C=O) groups is 1. The molecule has 2 N–H and O–H groups in total. The number of halogens is 2. The molecule has 154 valence electrons. The lowest BCUT2D eigenvalue weighted by atomic mass is 10.1. The first-order valence-electron chi connectivity index (χ1n) is 9.60. The lowest BCUT2D eigenvalue weighted by molar-refractivity contribution is -0.124. The number of carbonyl (C=O) groups excluding carboxylic acids is 1. The minimum atomic E-state index is 0. The van der Waals surface area contributed by atoms with Crippen LogP contribution in [-0.2, 0) is 17.9 Å². The third kappa shape index (κ3) is 8.19. The fraction of sp³-hybridized carbons (Fsp3) is 0.409. The van der Waals surface area contributed by atoms with Crippen molar-refractivity contribution in [2.24, 2.45) is 5.92 Å². The Morgan fingerprint density at radius 3 is 2.04 bits per heavy atom. The van der Waals surface area contributed by atoms with Gasteiger partial charge in [0.2, 0.25) is 5.91 Å². The summed E-state index contributed by atoms with van der Waals surface area (Å²) in [5, 5.41) is 6.35. The van der Waals surface area contributed by atoms with Crippen molar-refractivity contribution in [3.63, 3.8) is 0 Å². The summed E-state index contributed by atoms with van der Waals surface area (Å²) >= 11 is 0. The molecule has 1 fully saturated rings. The molecule has 1 heterocycles. The van der Waals surface area contributed by atoms with E-state index in [0.717, 1.165) is 52.1 Å². The highest BCUT2D eigenvalue weighted by Crippen LogP contribution is 2.11. The standard InChI is InChI=1S/C22H29N3O.2ClH/c26-22(21-12-14-23-16-21)24-13-7-15-25(17-19-8-3-1-4-9-19)18-20-10-5-2-6-11-20;;/h1-6,8-11,21,23H,7,12-18H2,(H,24,26);2*1H. The largest absolute Gasteiger partial charge is 0.356 e. The van der Waals surface area contributed by atoms with Crippen LogP contribution in [0.4, 0.5) is 0 Å². The Balaban J connectivity index is 0.00000196. The molecule has 0 bridgehead atoms. The Bertz CT molecular complexity index is 622. The van der Waals surface area contributed by atoms with Crippen molar-refractivity contribution >= 4 is 30.7 Å². The zero-order chi connectivity index (χ0) is 18.0. The molecule has 4 nitrogen and oxygen atoms in total. The maximum Gasteiger partial charge on any atom is 0.224 e. The van der Waals surface area contributed by atoms with Gasteiger partial charge >= 0.3 is 0 Å². The highest BCUT2D eigenvalue weighted by molar-refractivity contribution is 5.85. The molecule has 1 atom stereocenters. The Kier molecular flexibility index (Phi) is 11.8. The molecule has 1 saturated heterocycles. The number of rotatable bonds is 9. The molecule has 1 unspecified atom stereocenters. The first-order chi connectivity index (χ1) is 12.8. The minimum absolute atomic E-state index is 0. The van der Waals surface area contributed by atoms with Crippen LogP contribution in [0.5, 0.6) is 0 Å². The van der Waals surface area contributed by atoms with E-state index in [4.69, 9.17) is 0 Å². The predicted octanol–water partition coefficient (Wildman–Crippen LogP) is 3.65. The Morgan fingerprint density at radius 1 is 0.964 bits per heavy atom. The van der Waals surface area contributed by atoms with Gasteiger partial charge in [0.1, 0.15) is 0 Å². The molecule has 1 amide bonds. The maximum absolute atomic E-state index is 12.1. The van der Waals surface area contributed by atoms with Crippen molar-refractivity contribution < 1.29 is 4.79 Å². The number of nitrogens with one attached hydrogen (secondary N) is 2. The van der Waals surface area contributed by atoms with Gasteiger partial charge in [-0.25, -0.2) is 0 Å². The Morgan fingerprint density at radius 2 is 1.54 bits per heavy atom. The predicted molar refractivity (Wildman–Crippen MR) is 120 cm³/mol. The second kappa shape index (κ2) is 13.6. The van der Waals surface area contributed by atoms with Crippen molar-refractivity contribution in [3.05, 3.63) is 71.8 Å². The number of benzene rings is 2. The van der Waals surface area contributed by atoms with E-state index in [1.807, 2.05) is 0 Å². The molecule has 0 saturated carbocycles. The van der Waals surface area contributed by atoms with Gasteiger partial charge in [-0.1, -0.05) is 60.7 Å². The van der Waals surface area contributed by atoms with Crippen LogP contribution < -0.4 is 10.6 Å². The molecule has 0 spiro atoms. The first kappa shape index (κ1) is 24.4. The average molecular weight is 424 g/mol. The molecule has 2 aromatic rings. The normalized spacial score (nSPS) is 15.5. The zero-order valence-electron chi connectivity index (χ0n) is 16.2. The summed E-state index contributed by atoms with van der Waals surface area (Å²) in [5.74, 6) is 0.354. The second-order valence-electron chi connectivity index (χ2n) is 7.02. The smallest absolute Gasteiger partial charge is 0.224 e. The van der Waals surface area contributed by atoms with Crippen LogP contribution in [0.25, 0.3) is 0 Å². The van der Waals surface area contributed by atoms with Gasteiger partial charge in [-0.15, -0.1) is 24.8 Å². The van der Waals surface area contributed by atoms with E-state index in [2.05, 4.69) is 76.2 Å². The van der Waals surface area contributed by atoms with Gasteiger partial charge in [0, 0.05) is 32.7 Å². The van der Waals surface area contributed by atoms with Gasteiger partial charge in [-0.3, -0.25) is 9.69 Å². The van der Waals surface area contributed by atoms with Gasteiger partial charge in [-0.2, -0.15) is 0 Å². The average Bonchev–Trinajstić information content (AvgIpc) is 3.21. The van der Waals surface area contributed by atoms with E-state index < -0.39 is 0 Å². The van der Waals surface area contributed by atoms with Gasteiger partial charge in [0.25, 0.3) is 0 Å². The highest BCUT2D eigenvalue weighted by atomic mass is 35.5. The van der Waals surface area contributed by atoms with Crippen molar-refractivity contribution in [1.82, 2.24) is 15.5 Å². The van der Waals surface area contributed by atoms with Crippen molar-refractivity contribution in [2.75, 3.05) is 26.2 Å². The lowest BCUT2D eigenvalue weighted by Gasteiger charge is -2.23. The Hall–Kier alpha value is -1.59. The van der Waals surface area contributed by atoms with Crippen molar-refractivity contribution in [3.8, 4) is 0 Å². The summed E-state index contributed by atoms with van der Waals surface area (Å²) in [6.45, 7) is 5.34. The fourth-order valence-corrected chi connectivity index (χ4v) is 3.43. The first-order valence-corrected chi connectivity index (χ1v) is 9.60. The molecule has 1 aliphatic rings. The second-order valence-corrected chi connectivity index (χ2v) is 7.02. The van der Waals surface area contributed by atoms with Gasteiger partial charge < -0.3 is 10.6 Å². The zero-order valence-corrected chi connectivity index (χ0v) is 17.8. The number of amides is 1. The lowest BCUT2D eigenvalue weighted by Crippen LogP contribution is -2.34. The highest BCUT2D eigenvalue weighted by Gasteiger charge is 2.21. The number of nitrogens with zero attached hydrogens (tertiary/aromatic N) is 1. The molecule has 0 aromatic heterocycles. The Labute approximate surface area is 180 Å². The summed E-state index contributed by atoms with van der Waals surface area (Å²) in [7, 11) is 0. The van der Waals surface area contributed by atoms with Crippen molar-refractivity contribution in [1.29, 1.82) is 0 Å². The van der Waals surface area contributed by atoms with Crippen LogP contribution in [-0.4, -0.2) is 37.0 Å². The fourth-order valence-electron chi connectivity index (χ4n) is 3.43. The van der Waals surface area contributed by atoms with E-state index >= 15 is 0 Å². The van der Waals surface area contributed by atoms with Crippen LogP contribution in [0.15, 0.2) is 60.7 Å². The van der Waals surface area contributed by atoms with Gasteiger partial charge in [0.15, 0.2) is 0 Å². The molecule has 2 aromatic carbocycles. The molecule has 3 rings (SSSR count). The maximum atomic E-state index is 12.1.